The number of halogens is 2. The average molecular weight is 294 g/mol. The number of hydrogen-bond acceptors (Lipinski definition) is 3. The number of nitrogens with one attached hydrogen (secondary N) is 1. The summed E-state index contributed by atoms with van der Waals surface area (Å²) in [5.41, 5.74) is 2.27. The number of aromatic nitrogens is 2. The van der Waals surface area contributed by atoms with Crippen LogP contribution < -0.4 is 10.9 Å². The van der Waals surface area contributed by atoms with E-state index in [4.69, 9.17) is 11.6 Å². The first kappa shape index (κ1) is 13.1. The van der Waals surface area contributed by atoms with E-state index in [1.165, 1.54) is 16.8 Å². The highest BCUT2D eigenvalue weighted by Gasteiger charge is 2.13. The van der Waals surface area contributed by atoms with Gasteiger partial charge in [0.2, 0.25) is 0 Å². The molecule has 2 aromatic rings. The van der Waals surface area contributed by atoms with E-state index in [-0.39, 0.29) is 17.1 Å². The molecular formula is C14H13ClFN3O. The van der Waals surface area contributed by atoms with Crippen molar-refractivity contribution in [3.63, 3.8) is 0 Å². The summed E-state index contributed by atoms with van der Waals surface area (Å²) in [6.45, 7) is 1.15. The maximum Gasteiger partial charge on any atom is 0.269 e. The number of anilines is 1. The second-order valence-electron chi connectivity index (χ2n) is 4.78. The summed E-state index contributed by atoms with van der Waals surface area (Å²) in [6, 6.07) is 5.98. The van der Waals surface area contributed by atoms with Gasteiger partial charge in [0.15, 0.2) is 0 Å². The van der Waals surface area contributed by atoms with Gasteiger partial charge in [-0.1, -0.05) is 17.7 Å². The Bertz CT molecular complexity index is 714. The maximum absolute atomic E-state index is 13.1. The molecule has 0 saturated heterocycles. The van der Waals surface area contributed by atoms with E-state index in [1.807, 2.05) is 0 Å². The Hall–Kier alpha value is -1.88. The van der Waals surface area contributed by atoms with Crippen LogP contribution in [0, 0.1) is 5.82 Å². The summed E-state index contributed by atoms with van der Waals surface area (Å²) in [6.07, 6.45) is 1.85. The van der Waals surface area contributed by atoms with Crippen LogP contribution in [0.4, 0.5) is 10.1 Å². The molecule has 3 rings (SSSR count). The second kappa shape index (κ2) is 5.25. The highest BCUT2D eigenvalue weighted by Crippen LogP contribution is 2.18. The van der Waals surface area contributed by atoms with Crippen molar-refractivity contribution in [1.29, 1.82) is 0 Å². The summed E-state index contributed by atoms with van der Waals surface area (Å²) in [5, 5.41) is 7.58. The molecule has 0 spiro atoms. The third-order valence-electron chi connectivity index (χ3n) is 3.30. The monoisotopic (exact) mass is 293 g/mol. The number of rotatable bonds is 2. The fourth-order valence-corrected chi connectivity index (χ4v) is 2.47. The molecule has 0 bridgehead atoms. The Labute approximate surface area is 120 Å². The van der Waals surface area contributed by atoms with Gasteiger partial charge in [0, 0.05) is 12.6 Å². The Morgan fingerprint density at radius 1 is 1.40 bits per heavy atom. The summed E-state index contributed by atoms with van der Waals surface area (Å²) < 4.78 is 14.5. The third-order valence-corrected chi connectivity index (χ3v) is 3.59. The van der Waals surface area contributed by atoms with Crippen molar-refractivity contribution in [2.75, 3.05) is 11.9 Å². The lowest BCUT2D eigenvalue weighted by Gasteiger charge is -2.17. The topological polar surface area (TPSA) is 46.9 Å². The molecule has 0 amide bonds. The van der Waals surface area contributed by atoms with E-state index < -0.39 is 5.82 Å². The van der Waals surface area contributed by atoms with E-state index in [2.05, 4.69) is 10.4 Å². The van der Waals surface area contributed by atoms with Gasteiger partial charge in [-0.15, -0.1) is 0 Å². The third kappa shape index (κ3) is 2.54. The molecule has 0 unspecified atom stereocenters. The van der Waals surface area contributed by atoms with Gasteiger partial charge in [-0.25, -0.2) is 9.07 Å². The number of hydrogen-bond donors (Lipinski definition) is 1. The molecule has 1 aliphatic rings. The van der Waals surface area contributed by atoms with Crippen molar-refractivity contribution in [3.8, 4) is 0 Å². The van der Waals surface area contributed by atoms with Crippen LogP contribution in [0.5, 0.6) is 0 Å². The maximum atomic E-state index is 13.1. The lowest BCUT2D eigenvalue weighted by molar-refractivity contribution is 0.603. The minimum atomic E-state index is -0.467. The standard InChI is InChI=1S/C14H13ClFN3O/c15-10-6-9(3-4-11(10)16)8-19-14(20)7-13-12(18-19)2-1-5-17-13/h3-4,6-7,17H,1-2,5,8H2. The molecule has 1 aliphatic heterocycles. The van der Waals surface area contributed by atoms with Gasteiger partial charge in [-0.3, -0.25) is 4.79 Å². The first-order valence-corrected chi connectivity index (χ1v) is 6.80. The zero-order chi connectivity index (χ0) is 14.1. The minimum absolute atomic E-state index is 0.0511. The van der Waals surface area contributed by atoms with Crippen LogP contribution in [0.15, 0.2) is 29.1 Å². The predicted molar refractivity (Wildman–Crippen MR) is 75.8 cm³/mol. The predicted octanol–water partition coefficient (Wildman–Crippen LogP) is 2.44. The summed E-state index contributed by atoms with van der Waals surface area (Å²) in [4.78, 5) is 12.0. The van der Waals surface area contributed by atoms with Crippen molar-refractivity contribution in [2.45, 2.75) is 19.4 Å². The van der Waals surface area contributed by atoms with Crippen LogP contribution >= 0.6 is 11.6 Å². The van der Waals surface area contributed by atoms with Gasteiger partial charge in [-0.2, -0.15) is 5.10 Å². The number of nitrogens with zero attached hydrogens (tertiary/aromatic N) is 2. The van der Waals surface area contributed by atoms with Gasteiger partial charge in [-0.05, 0) is 30.5 Å². The zero-order valence-electron chi connectivity index (χ0n) is 10.7. The molecule has 4 nitrogen and oxygen atoms in total. The van der Waals surface area contributed by atoms with Gasteiger partial charge in [0.25, 0.3) is 5.56 Å². The van der Waals surface area contributed by atoms with E-state index in [1.54, 1.807) is 12.1 Å². The molecule has 1 N–H and O–H groups in total. The lowest BCUT2D eigenvalue weighted by Crippen LogP contribution is -2.27. The Morgan fingerprint density at radius 3 is 3.05 bits per heavy atom. The minimum Gasteiger partial charge on any atom is -0.383 e. The molecule has 1 aromatic carbocycles. The number of benzene rings is 1. The smallest absolute Gasteiger partial charge is 0.269 e. The van der Waals surface area contributed by atoms with Crippen LogP contribution in [-0.2, 0) is 13.0 Å². The largest absolute Gasteiger partial charge is 0.383 e. The average Bonchev–Trinajstić information content (AvgIpc) is 2.44. The van der Waals surface area contributed by atoms with Gasteiger partial charge in [0.05, 0.1) is 22.9 Å². The molecule has 104 valence electrons. The summed E-state index contributed by atoms with van der Waals surface area (Å²) in [7, 11) is 0. The molecule has 0 fully saturated rings. The number of fused-ring (bicyclic) bond motifs is 1. The van der Waals surface area contributed by atoms with Crippen molar-refractivity contribution in [3.05, 3.63) is 56.7 Å². The highest BCUT2D eigenvalue weighted by molar-refractivity contribution is 6.30. The SMILES string of the molecule is O=c1cc2c(nn1Cc1ccc(F)c(Cl)c1)CCCN2. The van der Waals surface area contributed by atoms with E-state index in [9.17, 15) is 9.18 Å². The van der Waals surface area contributed by atoms with E-state index in [0.29, 0.717) is 0 Å². The van der Waals surface area contributed by atoms with Crippen LogP contribution in [-0.4, -0.2) is 16.3 Å². The zero-order valence-corrected chi connectivity index (χ0v) is 11.5. The van der Waals surface area contributed by atoms with E-state index >= 15 is 0 Å². The fraction of sp³-hybridized carbons (Fsp3) is 0.286. The molecule has 0 aliphatic carbocycles. The molecule has 20 heavy (non-hydrogen) atoms. The van der Waals surface area contributed by atoms with Crippen molar-refractivity contribution >= 4 is 17.3 Å². The summed E-state index contributed by atoms with van der Waals surface area (Å²) in [5.74, 6) is -0.467. The Balaban J connectivity index is 1.94. The lowest BCUT2D eigenvalue weighted by atomic mass is 10.1. The van der Waals surface area contributed by atoms with Gasteiger partial charge in [0.1, 0.15) is 5.82 Å². The normalized spacial score (nSPS) is 13.7. The van der Waals surface area contributed by atoms with Gasteiger partial charge < -0.3 is 5.32 Å². The second-order valence-corrected chi connectivity index (χ2v) is 5.19. The quantitative estimate of drug-likeness (QED) is 0.925. The van der Waals surface area contributed by atoms with Crippen LogP contribution in [0.2, 0.25) is 5.02 Å². The molecule has 6 heteroatoms. The van der Waals surface area contributed by atoms with E-state index in [0.717, 1.165) is 36.3 Å². The Morgan fingerprint density at radius 2 is 2.25 bits per heavy atom. The van der Waals surface area contributed by atoms with Crippen molar-refractivity contribution < 1.29 is 4.39 Å². The van der Waals surface area contributed by atoms with Crippen LogP contribution in [0.1, 0.15) is 17.7 Å². The van der Waals surface area contributed by atoms with Crippen molar-refractivity contribution in [1.82, 2.24) is 9.78 Å². The van der Waals surface area contributed by atoms with Crippen LogP contribution in [0.3, 0.4) is 0 Å². The molecule has 0 atom stereocenters. The molecule has 1 aromatic heterocycles. The molecule has 2 heterocycles. The fourth-order valence-electron chi connectivity index (χ4n) is 2.27. The van der Waals surface area contributed by atoms with Crippen LogP contribution in [0.25, 0.3) is 0 Å². The molecule has 0 saturated carbocycles. The first-order chi connectivity index (χ1) is 9.63. The highest BCUT2D eigenvalue weighted by atomic mass is 35.5. The molecular weight excluding hydrogens is 281 g/mol. The van der Waals surface area contributed by atoms with Crippen molar-refractivity contribution in [2.24, 2.45) is 0 Å². The summed E-state index contributed by atoms with van der Waals surface area (Å²) >= 11 is 5.74. The molecule has 0 radical (unpaired) electrons. The van der Waals surface area contributed by atoms with Gasteiger partial charge >= 0.3 is 0 Å². The Kier molecular flexibility index (Phi) is 3.44. The number of aryl methyl sites for hydroxylation is 1. The first-order valence-electron chi connectivity index (χ1n) is 6.42.